The Morgan fingerprint density at radius 3 is 2.48 bits per heavy atom. The summed E-state index contributed by atoms with van der Waals surface area (Å²) >= 11 is 0. The summed E-state index contributed by atoms with van der Waals surface area (Å²) in [5.41, 5.74) is 2.30. The minimum absolute atomic E-state index is 0.138. The van der Waals surface area contributed by atoms with E-state index in [2.05, 4.69) is 10.2 Å². The number of para-hydroxylation sites is 1. The van der Waals surface area contributed by atoms with Crippen LogP contribution in [-0.4, -0.2) is 30.8 Å². The lowest BCUT2D eigenvalue weighted by Crippen LogP contribution is -2.44. The van der Waals surface area contributed by atoms with Crippen molar-refractivity contribution in [1.29, 1.82) is 0 Å². The summed E-state index contributed by atoms with van der Waals surface area (Å²) in [5, 5.41) is 12.4. The molecular formula is C19H21F3N2O. The number of rotatable bonds is 5. The quantitative estimate of drug-likeness (QED) is 0.807. The van der Waals surface area contributed by atoms with Gasteiger partial charge in [-0.3, -0.25) is 0 Å². The number of halogens is 3. The van der Waals surface area contributed by atoms with E-state index in [1.807, 2.05) is 24.3 Å². The Hall–Kier alpha value is -2.05. The molecule has 0 aromatic heterocycles. The Morgan fingerprint density at radius 1 is 1.08 bits per heavy atom. The van der Waals surface area contributed by atoms with Crippen molar-refractivity contribution < 1.29 is 18.3 Å². The highest BCUT2D eigenvalue weighted by atomic mass is 19.4. The number of anilines is 2. The topological polar surface area (TPSA) is 35.5 Å². The maximum atomic E-state index is 12.8. The molecule has 0 fully saturated rings. The van der Waals surface area contributed by atoms with Crippen LogP contribution in [0.3, 0.4) is 0 Å². The summed E-state index contributed by atoms with van der Waals surface area (Å²) in [6.07, 6.45) is -2.79. The van der Waals surface area contributed by atoms with E-state index < -0.39 is 11.7 Å². The lowest BCUT2D eigenvalue weighted by atomic mass is 9.97. The van der Waals surface area contributed by atoms with Gasteiger partial charge in [-0.25, -0.2) is 0 Å². The van der Waals surface area contributed by atoms with Crippen LogP contribution in [0, 0.1) is 0 Å². The number of nitrogens with one attached hydrogen (secondary N) is 1. The zero-order chi connectivity index (χ0) is 17.9. The van der Waals surface area contributed by atoms with Gasteiger partial charge in [-0.15, -0.1) is 0 Å². The molecule has 1 atom stereocenters. The van der Waals surface area contributed by atoms with Crippen molar-refractivity contribution in [3.63, 3.8) is 0 Å². The average molecular weight is 350 g/mol. The number of hydrogen-bond donors (Lipinski definition) is 2. The molecule has 3 rings (SSSR count). The highest BCUT2D eigenvalue weighted by Crippen LogP contribution is 2.35. The summed E-state index contributed by atoms with van der Waals surface area (Å²) in [6.45, 7) is 1.52. The molecular weight excluding hydrogens is 329 g/mol. The molecule has 2 aromatic rings. The third-order valence-corrected chi connectivity index (χ3v) is 4.43. The largest absolute Gasteiger partial charge is 0.416 e. The van der Waals surface area contributed by atoms with E-state index in [9.17, 15) is 13.2 Å². The lowest BCUT2D eigenvalue weighted by Gasteiger charge is -2.36. The van der Waals surface area contributed by atoms with Crippen LogP contribution in [0.1, 0.15) is 17.5 Å². The van der Waals surface area contributed by atoms with Crippen LogP contribution in [0.25, 0.3) is 0 Å². The molecule has 2 N–H and O–H groups in total. The molecule has 0 unspecified atom stereocenters. The van der Waals surface area contributed by atoms with Crippen molar-refractivity contribution in [1.82, 2.24) is 5.32 Å². The van der Waals surface area contributed by atoms with E-state index in [-0.39, 0.29) is 12.6 Å². The van der Waals surface area contributed by atoms with Crippen molar-refractivity contribution >= 4 is 11.4 Å². The summed E-state index contributed by atoms with van der Waals surface area (Å²) in [4.78, 5) is 2.05. The van der Waals surface area contributed by atoms with Gasteiger partial charge in [-0.1, -0.05) is 18.2 Å². The molecule has 0 amide bonds. The van der Waals surface area contributed by atoms with Crippen molar-refractivity contribution in [3.05, 3.63) is 59.7 Å². The van der Waals surface area contributed by atoms with Gasteiger partial charge in [-0.2, -0.15) is 13.2 Å². The number of aliphatic hydroxyl groups is 1. The molecule has 25 heavy (non-hydrogen) atoms. The first kappa shape index (κ1) is 17.8. The van der Waals surface area contributed by atoms with Crippen LogP contribution >= 0.6 is 0 Å². The van der Waals surface area contributed by atoms with Crippen molar-refractivity contribution in [2.75, 3.05) is 24.6 Å². The monoisotopic (exact) mass is 350 g/mol. The second-order valence-corrected chi connectivity index (χ2v) is 6.22. The van der Waals surface area contributed by atoms with Crippen LogP contribution in [0.4, 0.5) is 24.5 Å². The van der Waals surface area contributed by atoms with Gasteiger partial charge < -0.3 is 15.3 Å². The van der Waals surface area contributed by atoms with Gasteiger partial charge in [0.15, 0.2) is 0 Å². The van der Waals surface area contributed by atoms with Gasteiger partial charge in [0.1, 0.15) is 0 Å². The number of fused-ring (bicyclic) bond motifs is 1. The Kier molecular flexibility index (Phi) is 5.30. The lowest BCUT2D eigenvalue weighted by molar-refractivity contribution is -0.137. The molecule has 0 radical (unpaired) electrons. The van der Waals surface area contributed by atoms with E-state index >= 15 is 0 Å². The van der Waals surface area contributed by atoms with E-state index in [0.29, 0.717) is 19.5 Å². The summed E-state index contributed by atoms with van der Waals surface area (Å²) < 4.78 is 38.4. The van der Waals surface area contributed by atoms with Crippen molar-refractivity contribution in [3.8, 4) is 0 Å². The SMILES string of the molecule is OCCCN[C@H]1Cc2ccccc2N(c2ccc(C(F)(F)F)cc2)C1. The fourth-order valence-corrected chi connectivity index (χ4v) is 3.19. The average Bonchev–Trinajstić information content (AvgIpc) is 2.61. The minimum atomic E-state index is -4.33. The van der Waals surface area contributed by atoms with Gasteiger partial charge in [0.2, 0.25) is 0 Å². The van der Waals surface area contributed by atoms with Gasteiger partial charge in [0.05, 0.1) is 5.56 Å². The molecule has 0 bridgehead atoms. The first-order valence-electron chi connectivity index (χ1n) is 8.36. The second-order valence-electron chi connectivity index (χ2n) is 6.22. The highest BCUT2D eigenvalue weighted by Gasteiger charge is 2.31. The Morgan fingerprint density at radius 2 is 1.80 bits per heavy atom. The van der Waals surface area contributed by atoms with Gasteiger partial charge in [0, 0.05) is 30.6 Å². The first-order chi connectivity index (χ1) is 12.0. The fraction of sp³-hybridized carbons (Fsp3) is 0.368. The number of nitrogens with zero attached hydrogens (tertiary/aromatic N) is 1. The number of benzene rings is 2. The smallest absolute Gasteiger partial charge is 0.396 e. The summed E-state index contributed by atoms with van der Waals surface area (Å²) in [6, 6.07) is 13.4. The predicted molar refractivity (Wildman–Crippen MR) is 92.1 cm³/mol. The molecule has 1 heterocycles. The number of hydrogen-bond acceptors (Lipinski definition) is 3. The molecule has 0 aliphatic carbocycles. The highest BCUT2D eigenvalue weighted by molar-refractivity contribution is 5.68. The van der Waals surface area contributed by atoms with Crippen LogP contribution in [0.2, 0.25) is 0 Å². The van der Waals surface area contributed by atoms with Gasteiger partial charge in [-0.05, 0) is 55.3 Å². The molecule has 1 aliphatic rings. The minimum Gasteiger partial charge on any atom is -0.396 e. The van der Waals surface area contributed by atoms with Gasteiger partial charge >= 0.3 is 6.18 Å². The zero-order valence-electron chi connectivity index (χ0n) is 13.8. The van der Waals surface area contributed by atoms with E-state index in [1.54, 1.807) is 0 Å². The second kappa shape index (κ2) is 7.45. The standard InChI is InChI=1S/C19H21F3N2O/c20-19(21,22)15-6-8-17(9-7-15)24-13-16(23-10-3-11-25)12-14-4-1-2-5-18(14)24/h1-2,4-9,16,23,25H,3,10-13H2/t16-/m0/s1. The van der Waals surface area contributed by atoms with Crippen LogP contribution < -0.4 is 10.2 Å². The zero-order valence-corrected chi connectivity index (χ0v) is 13.8. The normalized spacial score (nSPS) is 17.4. The van der Waals surface area contributed by atoms with E-state index in [1.165, 1.54) is 12.1 Å². The van der Waals surface area contributed by atoms with Crippen LogP contribution in [0.5, 0.6) is 0 Å². The fourth-order valence-electron chi connectivity index (χ4n) is 3.19. The predicted octanol–water partition coefficient (Wildman–Crippen LogP) is 3.74. The molecule has 0 saturated carbocycles. The molecule has 0 spiro atoms. The Bertz CT molecular complexity index is 701. The molecule has 6 heteroatoms. The summed E-state index contributed by atoms with van der Waals surface area (Å²) in [7, 11) is 0. The third-order valence-electron chi connectivity index (χ3n) is 4.43. The van der Waals surface area contributed by atoms with Crippen LogP contribution in [0.15, 0.2) is 48.5 Å². The Labute approximate surface area is 145 Å². The maximum Gasteiger partial charge on any atom is 0.416 e. The first-order valence-corrected chi connectivity index (χ1v) is 8.36. The molecule has 134 valence electrons. The molecule has 0 saturated heterocycles. The molecule has 1 aliphatic heterocycles. The third kappa shape index (κ3) is 4.14. The van der Waals surface area contributed by atoms with Gasteiger partial charge in [0.25, 0.3) is 0 Å². The number of alkyl halides is 3. The summed E-state index contributed by atoms with van der Waals surface area (Å²) in [5.74, 6) is 0. The van der Waals surface area contributed by atoms with Crippen molar-refractivity contribution in [2.24, 2.45) is 0 Å². The van der Waals surface area contributed by atoms with E-state index in [4.69, 9.17) is 5.11 Å². The maximum absolute atomic E-state index is 12.8. The molecule has 2 aromatic carbocycles. The van der Waals surface area contributed by atoms with Crippen molar-refractivity contribution in [2.45, 2.75) is 25.1 Å². The Balaban J connectivity index is 1.85. The molecule has 3 nitrogen and oxygen atoms in total. The van der Waals surface area contributed by atoms with Crippen LogP contribution in [-0.2, 0) is 12.6 Å². The van der Waals surface area contributed by atoms with E-state index in [0.717, 1.165) is 35.5 Å². The number of aliphatic hydroxyl groups excluding tert-OH is 1.